The van der Waals surface area contributed by atoms with Gasteiger partial charge in [0.2, 0.25) is 0 Å². The SMILES string of the molecule is COC(=O)c1cc2nc(C3CCCCC3)n(C)c2cc1Br. The number of rotatable bonds is 2. The highest BCUT2D eigenvalue weighted by molar-refractivity contribution is 9.10. The van der Waals surface area contributed by atoms with Crippen molar-refractivity contribution < 1.29 is 9.53 Å². The first-order chi connectivity index (χ1) is 10.1. The fraction of sp³-hybridized carbons (Fsp3) is 0.500. The Kier molecular flexibility index (Phi) is 4.02. The maximum Gasteiger partial charge on any atom is 0.339 e. The number of fused-ring (bicyclic) bond motifs is 1. The van der Waals surface area contributed by atoms with Crippen molar-refractivity contribution in [1.29, 1.82) is 0 Å². The van der Waals surface area contributed by atoms with Crippen molar-refractivity contribution in [2.24, 2.45) is 7.05 Å². The van der Waals surface area contributed by atoms with Crippen LogP contribution in [0.5, 0.6) is 0 Å². The predicted octanol–water partition coefficient (Wildman–Crippen LogP) is 4.17. The number of methoxy groups -OCH3 is 1. The second-order valence-electron chi connectivity index (χ2n) is 5.68. The fourth-order valence-corrected chi connectivity index (χ4v) is 3.72. The summed E-state index contributed by atoms with van der Waals surface area (Å²) in [6.07, 6.45) is 6.32. The number of nitrogens with zero attached hydrogens (tertiary/aromatic N) is 2. The summed E-state index contributed by atoms with van der Waals surface area (Å²) in [5.74, 6) is 1.34. The molecule has 0 unspecified atom stereocenters. The van der Waals surface area contributed by atoms with Crippen molar-refractivity contribution in [3.63, 3.8) is 0 Å². The molecule has 0 N–H and O–H groups in total. The number of esters is 1. The van der Waals surface area contributed by atoms with E-state index < -0.39 is 0 Å². The van der Waals surface area contributed by atoms with E-state index >= 15 is 0 Å². The molecule has 1 aromatic carbocycles. The summed E-state index contributed by atoms with van der Waals surface area (Å²) in [6, 6.07) is 3.78. The molecule has 0 radical (unpaired) electrons. The molecule has 1 aliphatic carbocycles. The highest BCUT2D eigenvalue weighted by Gasteiger charge is 2.22. The van der Waals surface area contributed by atoms with Crippen LogP contribution in [0.1, 0.15) is 54.2 Å². The Balaban J connectivity index is 2.08. The topological polar surface area (TPSA) is 44.1 Å². The van der Waals surface area contributed by atoms with Gasteiger partial charge in [0, 0.05) is 17.4 Å². The molecule has 0 atom stereocenters. The number of benzene rings is 1. The van der Waals surface area contributed by atoms with Crippen LogP contribution in [0.2, 0.25) is 0 Å². The Bertz CT molecular complexity index is 687. The highest BCUT2D eigenvalue weighted by Crippen LogP contribution is 2.34. The van der Waals surface area contributed by atoms with Gasteiger partial charge in [0.15, 0.2) is 0 Å². The van der Waals surface area contributed by atoms with Crippen molar-refractivity contribution in [1.82, 2.24) is 9.55 Å². The number of hydrogen-bond acceptors (Lipinski definition) is 3. The van der Waals surface area contributed by atoms with Crippen molar-refractivity contribution in [3.8, 4) is 0 Å². The van der Waals surface area contributed by atoms with E-state index in [0.717, 1.165) is 21.3 Å². The van der Waals surface area contributed by atoms with Crippen LogP contribution in [0.25, 0.3) is 11.0 Å². The minimum Gasteiger partial charge on any atom is -0.465 e. The molecule has 1 fully saturated rings. The number of ether oxygens (including phenoxy) is 1. The summed E-state index contributed by atoms with van der Waals surface area (Å²) in [6.45, 7) is 0. The van der Waals surface area contributed by atoms with E-state index in [-0.39, 0.29) is 5.97 Å². The molecule has 4 nitrogen and oxygen atoms in total. The molecule has 0 amide bonds. The molecule has 0 bridgehead atoms. The van der Waals surface area contributed by atoms with Crippen molar-refractivity contribution in [2.75, 3.05) is 7.11 Å². The second kappa shape index (κ2) is 5.79. The van der Waals surface area contributed by atoms with Gasteiger partial charge in [-0.1, -0.05) is 19.3 Å². The summed E-state index contributed by atoms with van der Waals surface area (Å²) < 4.78 is 7.73. The van der Waals surface area contributed by atoms with Gasteiger partial charge >= 0.3 is 5.97 Å². The minimum atomic E-state index is -0.339. The van der Waals surface area contributed by atoms with Gasteiger partial charge in [-0.15, -0.1) is 0 Å². The molecule has 21 heavy (non-hydrogen) atoms. The maximum absolute atomic E-state index is 11.8. The average molecular weight is 351 g/mol. The van der Waals surface area contributed by atoms with Crippen LogP contribution in [0.15, 0.2) is 16.6 Å². The summed E-state index contributed by atoms with van der Waals surface area (Å²) in [5.41, 5.74) is 2.44. The van der Waals surface area contributed by atoms with Gasteiger partial charge in [-0.25, -0.2) is 9.78 Å². The normalized spacial score (nSPS) is 16.3. The first kappa shape index (κ1) is 14.6. The first-order valence-corrected chi connectivity index (χ1v) is 8.15. The van der Waals surface area contributed by atoms with E-state index in [1.807, 2.05) is 12.1 Å². The van der Waals surface area contributed by atoms with Gasteiger partial charge in [-0.05, 0) is 40.9 Å². The summed E-state index contributed by atoms with van der Waals surface area (Å²) in [5, 5.41) is 0. The fourth-order valence-electron chi connectivity index (χ4n) is 3.22. The van der Waals surface area contributed by atoms with Gasteiger partial charge < -0.3 is 9.30 Å². The Hall–Kier alpha value is -1.36. The molecular formula is C16H19BrN2O2. The van der Waals surface area contributed by atoms with E-state index in [2.05, 4.69) is 27.5 Å². The Morgan fingerprint density at radius 1 is 1.33 bits per heavy atom. The lowest BCUT2D eigenvalue weighted by molar-refractivity contribution is 0.0600. The quantitative estimate of drug-likeness (QED) is 0.763. The summed E-state index contributed by atoms with van der Waals surface area (Å²) >= 11 is 3.46. The van der Waals surface area contributed by atoms with Crippen LogP contribution in [-0.2, 0) is 11.8 Å². The van der Waals surface area contributed by atoms with Crippen LogP contribution < -0.4 is 0 Å². The maximum atomic E-state index is 11.8. The average Bonchev–Trinajstić information content (AvgIpc) is 2.83. The number of halogens is 1. The van der Waals surface area contributed by atoms with Crippen LogP contribution >= 0.6 is 15.9 Å². The number of aryl methyl sites for hydroxylation is 1. The van der Waals surface area contributed by atoms with Gasteiger partial charge in [-0.2, -0.15) is 0 Å². The van der Waals surface area contributed by atoms with Crippen molar-refractivity contribution >= 4 is 32.9 Å². The molecule has 1 saturated carbocycles. The van der Waals surface area contributed by atoms with Gasteiger partial charge in [0.1, 0.15) is 5.82 Å². The zero-order chi connectivity index (χ0) is 15.0. The largest absolute Gasteiger partial charge is 0.465 e. The standard InChI is InChI=1S/C16H19BrN2O2/c1-19-14-9-12(17)11(16(20)21-2)8-13(14)18-15(19)10-6-4-3-5-7-10/h8-10H,3-7H2,1-2H3. The van der Waals surface area contributed by atoms with E-state index in [1.54, 1.807) is 0 Å². The van der Waals surface area contributed by atoms with E-state index in [9.17, 15) is 4.79 Å². The zero-order valence-electron chi connectivity index (χ0n) is 12.4. The molecular weight excluding hydrogens is 332 g/mol. The second-order valence-corrected chi connectivity index (χ2v) is 6.53. The Morgan fingerprint density at radius 2 is 2.05 bits per heavy atom. The summed E-state index contributed by atoms with van der Waals surface area (Å²) in [4.78, 5) is 16.6. The third-order valence-corrected chi connectivity index (χ3v) is 5.04. The number of carbonyl (C=O) groups excluding carboxylic acids is 1. The van der Waals surface area contributed by atoms with E-state index in [4.69, 9.17) is 9.72 Å². The molecule has 1 heterocycles. The summed E-state index contributed by atoms with van der Waals surface area (Å²) in [7, 11) is 3.45. The number of aromatic nitrogens is 2. The molecule has 5 heteroatoms. The molecule has 0 saturated heterocycles. The smallest absolute Gasteiger partial charge is 0.339 e. The molecule has 0 spiro atoms. The molecule has 0 aliphatic heterocycles. The lowest BCUT2D eigenvalue weighted by Gasteiger charge is -2.21. The molecule has 2 aromatic rings. The molecule has 3 rings (SSSR count). The number of carbonyl (C=O) groups is 1. The van der Waals surface area contributed by atoms with Crippen LogP contribution in [-0.4, -0.2) is 22.6 Å². The van der Waals surface area contributed by atoms with Crippen LogP contribution in [0.4, 0.5) is 0 Å². The Labute approximate surface area is 132 Å². The lowest BCUT2D eigenvalue weighted by Crippen LogP contribution is -2.10. The van der Waals surface area contributed by atoms with Crippen molar-refractivity contribution in [3.05, 3.63) is 28.0 Å². The third kappa shape index (κ3) is 2.59. The predicted molar refractivity (Wildman–Crippen MR) is 85.6 cm³/mol. The van der Waals surface area contributed by atoms with Crippen LogP contribution in [0, 0.1) is 0 Å². The third-order valence-electron chi connectivity index (χ3n) is 4.38. The van der Waals surface area contributed by atoms with Gasteiger partial charge in [0.25, 0.3) is 0 Å². The minimum absolute atomic E-state index is 0.339. The highest BCUT2D eigenvalue weighted by atomic mass is 79.9. The first-order valence-electron chi connectivity index (χ1n) is 7.36. The molecule has 1 aliphatic rings. The number of imidazole rings is 1. The van der Waals surface area contributed by atoms with E-state index in [0.29, 0.717) is 11.5 Å². The van der Waals surface area contributed by atoms with Gasteiger partial charge in [0.05, 0.1) is 23.7 Å². The van der Waals surface area contributed by atoms with E-state index in [1.165, 1.54) is 39.2 Å². The molecule has 1 aromatic heterocycles. The lowest BCUT2D eigenvalue weighted by atomic mass is 9.89. The zero-order valence-corrected chi connectivity index (χ0v) is 13.9. The van der Waals surface area contributed by atoms with Crippen molar-refractivity contribution in [2.45, 2.75) is 38.0 Å². The van der Waals surface area contributed by atoms with Gasteiger partial charge in [-0.3, -0.25) is 0 Å². The monoisotopic (exact) mass is 350 g/mol. The number of hydrogen-bond donors (Lipinski definition) is 0. The van der Waals surface area contributed by atoms with Crippen LogP contribution in [0.3, 0.4) is 0 Å². The molecule has 112 valence electrons. The Morgan fingerprint density at radius 3 is 2.71 bits per heavy atom.